The van der Waals surface area contributed by atoms with E-state index in [-0.39, 0.29) is 0 Å². The van der Waals surface area contributed by atoms with Crippen molar-refractivity contribution in [3.63, 3.8) is 0 Å². The lowest BCUT2D eigenvalue weighted by atomic mass is 10.0. The molecule has 17 heavy (non-hydrogen) atoms. The van der Waals surface area contributed by atoms with E-state index in [0.29, 0.717) is 0 Å². The molecule has 0 aromatic rings. The molecule has 0 aromatic heterocycles. The molecule has 0 aromatic carbocycles. The molecule has 100 valence electrons. The number of aliphatic hydroxyl groups is 4. The molecule has 1 aliphatic heterocycles. The molecule has 1 fully saturated rings. The van der Waals surface area contributed by atoms with Crippen molar-refractivity contribution in [2.24, 2.45) is 0 Å². The van der Waals surface area contributed by atoms with E-state index in [9.17, 15) is 9.59 Å². The first-order chi connectivity index (χ1) is 7.68. The standard InChI is InChI=1S/C6H12O5.C3H4O3/c1-2-3(7)4(8)5(9)6(10)11-2;1-2(4)3(5)6/h2-10H,1H3;1H3,(H,5,6)/t2-,3+,4+,5-,6?;/m0./s1. The van der Waals surface area contributed by atoms with Crippen LogP contribution in [0.4, 0.5) is 0 Å². The van der Waals surface area contributed by atoms with E-state index < -0.39 is 42.5 Å². The number of rotatable bonds is 1. The fourth-order valence-electron chi connectivity index (χ4n) is 1.03. The molecule has 5 atom stereocenters. The van der Waals surface area contributed by atoms with Gasteiger partial charge in [-0.05, 0) is 6.92 Å². The fourth-order valence-corrected chi connectivity index (χ4v) is 1.03. The summed E-state index contributed by atoms with van der Waals surface area (Å²) in [5.41, 5.74) is 0. The van der Waals surface area contributed by atoms with Gasteiger partial charge in [-0.2, -0.15) is 0 Å². The average molecular weight is 252 g/mol. The highest BCUT2D eigenvalue weighted by Gasteiger charge is 2.40. The topological polar surface area (TPSA) is 145 Å². The summed E-state index contributed by atoms with van der Waals surface area (Å²) in [6.07, 6.45) is -5.99. The van der Waals surface area contributed by atoms with Crippen LogP contribution in [-0.4, -0.2) is 68.0 Å². The summed E-state index contributed by atoms with van der Waals surface area (Å²) >= 11 is 0. The predicted molar refractivity (Wildman–Crippen MR) is 52.9 cm³/mol. The summed E-state index contributed by atoms with van der Waals surface area (Å²) in [5, 5.41) is 43.6. The van der Waals surface area contributed by atoms with Crippen LogP contribution in [0.3, 0.4) is 0 Å². The van der Waals surface area contributed by atoms with Crippen molar-refractivity contribution in [3.05, 3.63) is 0 Å². The smallest absolute Gasteiger partial charge is 0.371 e. The Morgan fingerprint density at radius 1 is 1.00 bits per heavy atom. The zero-order valence-corrected chi connectivity index (χ0v) is 9.35. The number of Topliss-reactive ketones (excluding diaryl/α,β-unsaturated/α-hetero) is 1. The molecule has 1 heterocycles. The van der Waals surface area contributed by atoms with E-state index in [1.807, 2.05) is 0 Å². The maximum absolute atomic E-state index is 9.54. The van der Waals surface area contributed by atoms with Crippen LogP contribution in [0, 0.1) is 0 Å². The minimum atomic E-state index is -1.43. The number of hydrogen-bond donors (Lipinski definition) is 5. The van der Waals surface area contributed by atoms with Gasteiger partial charge in [-0.1, -0.05) is 0 Å². The molecule has 1 rings (SSSR count). The molecule has 8 heteroatoms. The normalized spacial score (nSPS) is 36.7. The van der Waals surface area contributed by atoms with Gasteiger partial charge in [0.15, 0.2) is 6.29 Å². The molecule has 0 aliphatic carbocycles. The molecule has 1 saturated heterocycles. The molecule has 1 unspecified atom stereocenters. The molecular formula is C9H16O8. The van der Waals surface area contributed by atoms with Crippen LogP contribution >= 0.6 is 0 Å². The number of carboxylic acids is 1. The third-order valence-corrected chi connectivity index (χ3v) is 2.13. The fraction of sp³-hybridized carbons (Fsp3) is 0.778. The van der Waals surface area contributed by atoms with Gasteiger partial charge in [-0.15, -0.1) is 0 Å². The molecule has 8 nitrogen and oxygen atoms in total. The van der Waals surface area contributed by atoms with Gasteiger partial charge in [-0.3, -0.25) is 4.79 Å². The largest absolute Gasteiger partial charge is 0.476 e. The number of hydrogen-bond acceptors (Lipinski definition) is 7. The molecule has 1 aliphatic rings. The van der Waals surface area contributed by atoms with E-state index in [1.165, 1.54) is 6.92 Å². The summed E-state index contributed by atoms with van der Waals surface area (Å²) in [6, 6.07) is 0. The van der Waals surface area contributed by atoms with Crippen LogP contribution in [0.5, 0.6) is 0 Å². The first kappa shape index (κ1) is 15.9. The Morgan fingerprint density at radius 2 is 1.41 bits per heavy atom. The molecular weight excluding hydrogens is 236 g/mol. The number of carbonyl (C=O) groups is 2. The molecule has 0 amide bonds. The summed E-state index contributed by atoms with van der Waals surface area (Å²) in [7, 11) is 0. The minimum Gasteiger partial charge on any atom is -0.476 e. The van der Waals surface area contributed by atoms with Crippen molar-refractivity contribution in [1.82, 2.24) is 0 Å². The lowest BCUT2D eigenvalue weighted by Crippen LogP contribution is -2.56. The first-order valence-corrected chi connectivity index (χ1v) is 4.80. The maximum atomic E-state index is 9.54. The number of aliphatic carboxylic acids is 1. The van der Waals surface area contributed by atoms with E-state index >= 15 is 0 Å². The third-order valence-electron chi connectivity index (χ3n) is 2.13. The number of ketones is 1. The lowest BCUT2D eigenvalue weighted by molar-refractivity contribution is -0.277. The van der Waals surface area contributed by atoms with Gasteiger partial charge in [-0.25, -0.2) is 4.79 Å². The maximum Gasteiger partial charge on any atom is 0.371 e. The Kier molecular flexibility index (Phi) is 6.21. The van der Waals surface area contributed by atoms with Gasteiger partial charge in [0.1, 0.15) is 18.3 Å². The summed E-state index contributed by atoms with van der Waals surface area (Å²) in [5.74, 6) is -2.20. The number of aliphatic hydroxyl groups excluding tert-OH is 4. The minimum absolute atomic E-state index is 0.664. The Morgan fingerprint density at radius 3 is 1.76 bits per heavy atom. The van der Waals surface area contributed by atoms with Crippen LogP contribution in [0.2, 0.25) is 0 Å². The van der Waals surface area contributed by atoms with Crippen LogP contribution in [0.15, 0.2) is 0 Å². The quantitative estimate of drug-likeness (QED) is 0.321. The Labute approximate surface area is 97.1 Å². The highest BCUT2D eigenvalue weighted by Crippen LogP contribution is 2.18. The van der Waals surface area contributed by atoms with Gasteiger partial charge >= 0.3 is 5.97 Å². The van der Waals surface area contributed by atoms with E-state index in [1.54, 1.807) is 0 Å². The Balaban J connectivity index is 0.000000366. The third kappa shape index (κ3) is 4.75. The van der Waals surface area contributed by atoms with Crippen molar-refractivity contribution < 1.29 is 39.9 Å². The first-order valence-electron chi connectivity index (χ1n) is 4.80. The molecule has 0 bridgehead atoms. The molecule has 0 radical (unpaired) electrons. The van der Waals surface area contributed by atoms with Gasteiger partial charge in [0.2, 0.25) is 5.78 Å². The predicted octanol–water partition coefficient (Wildman–Crippen LogP) is -2.53. The Hall–Kier alpha value is -1.06. The van der Waals surface area contributed by atoms with Crippen molar-refractivity contribution in [2.75, 3.05) is 0 Å². The van der Waals surface area contributed by atoms with E-state index in [2.05, 4.69) is 4.74 Å². The van der Waals surface area contributed by atoms with Gasteiger partial charge in [0.05, 0.1) is 6.10 Å². The summed E-state index contributed by atoms with van der Waals surface area (Å²) in [6.45, 7) is 2.51. The second kappa shape index (κ2) is 6.62. The number of ether oxygens (including phenoxy) is 1. The second-order valence-corrected chi connectivity index (χ2v) is 3.56. The number of carboxylic acid groups (broad SMARTS) is 1. The van der Waals surface area contributed by atoms with Gasteiger partial charge < -0.3 is 30.3 Å². The molecule has 0 saturated carbocycles. The average Bonchev–Trinajstić information content (AvgIpc) is 2.24. The van der Waals surface area contributed by atoms with E-state index in [0.717, 1.165) is 6.92 Å². The zero-order chi connectivity index (χ0) is 13.7. The van der Waals surface area contributed by atoms with Gasteiger partial charge in [0, 0.05) is 6.92 Å². The van der Waals surface area contributed by atoms with Crippen molar-refractivity contribution >= 4 is 11.8 Å². The zero-order valence-electron chi connectivity index (χ0n) is 9.35. The second-order valence-electron chi connectivity index (χ2n) is 3.56. The van der Waals surface area contributed by atoms with Crippen LogP contribution in [-0.2, 0) is 14.3 Å². The lowest BCUT2D eigenvalue weighted by Gasteiger charge is -2.36. The van der Waals surface area contributed by atoms with Crippen molar-refractivity contribution in [3.8, 4) is 0 Å². The SMILES string of the molecule is CC(=O)C(=O)O.C[C@@H]1OC(O)[C@@H](O)[C@H](O)[C@@H]1O. The van der Waals surface area contributed by atoms with Crippen LogP contribution in [0.25, 0.3) is 0 Å². The highest BCUT2D eigenvalue weighted by molar-refractivity contribution is 6.31. The monoisotopic (exact) mass is 252 g/mol. The van der Waals surface area contributed by atoms with Crippen molar-refractivity contribution in [2.45, 2.75) is 44.6 Å². The van der Waals surface area contributed by atoms with Crippen LogP contribution in [0.1, 0.15) is 13.8 Å². The molecule has 5 N–H and O–H groups in total. The number of carbonyl (C=O) groups excluding carboxylic acids is 1. The van der Waals surface area contributed by atoms with E-state index in [4.69, 9.17) is 25.5 Å². The highest BCUT2D eigenvalue weighted by atomic mass is 16.6. The van der Waals surface area contributed by atoms with Crippen molar-refractivity contribution in [1.29, 1.82) is 0 Å². The van der Waals surface area contributed by atoms with Gasteiger partial charge in [0.25, 0.3) is 0 Å². The summed E-state index contributed by atoms with van der Waals surface area (Å²) < 4.78 is 4.68. The summed E-state index contributed by atoms with van der Waals surface area (Å²) in [4.78, 5) is 18.9. The van der Waals surface area contributed by atoms with Crippen LogP contribution < -0.4 is 0 Å². The Bertz CT molecular complexity index is 252. The molecule has 0 spiro atoms.